The van der Waals surface area contributed by atoms with Gasteiger partial charge in [-0.15, -0.1) is 0 Å². The first-order valence-electron chi connectivity index (χ1n) is 4.53. The molecule has 1 amide bonds. The van der Waals surface area contributed by atoms with E-state index in [2.05, 4.69) is 19.2 Å². The fraction of sp³-hybridized carbons (Fsp3) is 0.364. The highest BCUT2D eigenvalue weighted by Crippen LogP contribution is 1.98. The van der Waals surface area contributed by atoms with Crippen molar-refractivity contribution >= 4 is 5.91 Å². The Labute approximate surface area is 80.5 Å². The average molecular weight is 179 g/mol. The predicted octanol–water partition coefficient (Wildman–Crippen LogP) is 2.32. The number of hydrogen-bond acceptors (Lipinski definition) is 1. The third-order valence-corrected chi connectivity index (χ3v) is 1.71. The predicted molar refractivity (Wildman–Crippen MR) is 55.7 cm³/mol. The van der Waals surface area contributed by atoms with Crippen LogP contribution in [0.4, 0.5) is 0 Å². The lowest BCUT2D eigenvalue weighted by Crippen LogP contribution is -2.27. The first-order valence-corrected chi connectivity index (χ1v) is 4.53. The Morgan fingerprint density at radius 2 is 2.00 bits per heavy atom. The molecule has 13 heavy (non-hydrogen) atoms. The van der Waals surface area contributed by atoms with E-state index in [1.807, 2.05) is 30.3 Å². The fourth-order valence-corrected chi connectivity index (χ4v) is 0.988. The molecule has 0 atom stereocenters. The van der Waals surface area contributed by atoms with Gasteiger partial charge in [0.1, 0.15) is 0 Å². The molecule has 2 nitrogen and oxygen atoms in total. The SMILES string of the molecule is CC(C)CNC(=O)c1ccccc1.[HH]. The number of hydrogen-bond donors (Lipinski definition) is 1. The van der Waals surface area contributed by atoms with Crippen molar-refractivity contribution in [2.75, 3.05) is 6.54 Å². The van der Waals surface area contributed by atoms with Gasteiger partial charge >= 0.3 is 0 Å². The van der Waals surface area contributed by atoms with Crippen molar-refractivity contribution in [1.29, 1.82) is 0 Å². The maximum Gasteiger partial charge on any atom is 0.251 e. The van der Waals surface area contributed by atoms with E-state index >= 15 is 0 Å². The molecule has 0 aliphatic carbocycles. The second-order valence-electron chi connectivity index (χ2n) is 3.47. The number of amides is 1. The number of carbonyl (C=O) groups excluding carboxylic acids is 1. The van der Waals surface area contributed by atoms with E-state index in [-0.39, 0.29) is 7.33 Å². The van der Waals surface area contributed by atoms with Gasteiger partial charge in [0.05, 0.1) is 0 Å². The lowest BCUT2D eigenvalue weighted by Gasteiger charge is -2.06. The second-order valence-corrected chi connectivity index (χ2v) is 3.47. The Kier molecular flexibility index (Phi) is 3.50. The minimum Gasteiger partial charge on any atom is -0.352 e. The van der Waals surface area contributed by atoms with Crippen molar-refractivity contribution in [3.8, 4) is 0 Å². The minimum atomic E-state index is 0. The normalized spacial score (nSPS) is 10.1. The maximum absolute atomic E-state index is 11.4. The molecule has 0 saturated carbocycles. The van der Waals surface area contributed by atoms with Crippen molar-refractivity contribution in [3.63, 3.8) is 0 Å². The molecule has 0 radical (unpaired) electrons. The fourth-order valence-electron chi connectivity index (χ4n) is 0.988. The Hall–Kier alpha value is -1.31. The molecule has 0 spiro atoms. The Morgan fingerprint density at radius 1 is 1.38 bits per heavy atom. The highest BCUT2D eigenvalue weighted by Gasteiger charge is 2.03. The quantitative estimate of drug-likeness (QED) is 0.758. The van der Waals surface area contributed by atoms with Crippen LogP contribution < -0.4 is 5.32 Å². The van der Waals surface area contributed by atoms with Crippen LogP contribution in [0.25, 0.3) is 0 Å². The Bertz CT molecular complexity index is 272. The van der Waals surface area contributed by atoms with Gasteiger partial charge in [0, 0.05) is 13.5 Å². The molecule has 0 aliphatic heterocycles. The van der Waals surface area contributed by atoms with Crippen molar-refractivity contribution in [2.45, 2.75) is 13.8 Å². The van der Waals surface area contributed by atoms with Gasteiger partial charge in [0.15, 0.2) is 0 Å². The number of benzene rings is 1. The molecule has 72 valence electrons. The first-order chi connectivity index (χ1) is 6.20. The largest absolute Gasteiger partial charge is 0.352 e. The number of rotatable bonds is 3. The zero-order chi connectivity index (χ0) is 9.68. The molecule has 0 aromatic heterocycles. The van der Waals surface area contributed by atoms with Crippen LogP contribution in [0.1, 0.15) is 25.6 Å². The van der Waals surface area contributed by atoms with Crippen molar-refractivity contribution < 1.29 is 6.22 Å². The van der Waals surface area contributed by atoms with Gasteiger partial charge in [-0.25, -0.2) is 0 Å². The van der Waals surface area contributed by atoms with E-state index in [0.717, 1.165) is 12.1 Å². The molecular formula is C11H17NO. The lowest BCUT2D eigenvalue weighted by molar-refractivity contribution is 0.0949. The highest BCUT2D eigenvalue weighted by molar-refractivity contribution is 5.94. The molecular weight excluding hydrogens is 162 g/mol. The summed E-state index contributed by atoms with van der Waals surface area (Å²) in [6, 6.07) is 9.26. The minimum absolute atomic E-state index is 0. The average Bonchev–Trinajstić information content (AvgIpc) is 2.15. The first kappa shape index (κ1) is 9.78. The maximum atomic E-state index is 11.4. The summed E-state index contributed by atoms with van der Waals surface area (Å²) in [7, 11) is 0. The summed E-state index contributed by atoms with van der Waals surface area (Å²) in [6.07, 6.45) is 0. The van der Waals surface area contributed by atoms with Gasteiger partial charge < -0.3 is 5.32 Å². The Balaban J connectivity index is 0.00000169. The van der Waals surface area contributed by atoms with Crippen LogP contribution in [0.5, 0.6) is 0 Å². The smallest absolute Gasteiger partial charge is 0.251 e. The van der Waals surface area contributed by atoms with E-state index in [1.54, 1.807) is 0 Å². The summed E-state index contributed by atoms with van der Waals surface area (Å²) in [5, 5.41) is 2.86. The molecule has 0 aliphatic rings. The van der Waals surface area contributed by atoms with Crippen molar-refractivity contribution in [1.82, 2.24) is 5.32 Å². The molecule has 1 N–H and O–H groups in total. The summed E-state index contributed by atoms with van der Waals surface area (Å²) >= 11 is 0. The van der Waals surface area contributed by atoms with E-state index in [0.29, 0.717) is 5.92 Å². The summed E-state index contributed by atoms with van der Waals surface area (Å²) in [4.78, 5) is 11.4. The van der Waals surface area contributed by atoms with Gasteiger partial charge in [0.2, 0.25) is 0 Å². The van der Waals surface area contributed by atoms with Gasteiger partial charge in [-0.1, -0.05) is 32.0 Å². The van der Waals surface area contributed by atoms with Crippen LogP contribution >= 0.6 is 0 Å². The van der Waals surface area contributed by atoms with E-state index in [1.165, 1.54) is 0 Å². The third-order valence-electron chi connectivity index (χ3n) is 1.71. The number of nitrogens with one attached hydrogen (secondary N) is 1. The van der Waals surface area contributed by atoms with E-state index in [4.69, 9.17) is 0 Å². The van der Waals surface area contributed by atoms with Crippen LogP contribution in [0, 0.1) is 5.92 Å². The van der Waals surface area contributed by atoms with Crippen molar-refractivity contribution in [3.05, 3.63) is 35.9 Å². The van der Waals surface area contributed by atoms with Crippen molar-refractivity contribution in [2.24, 2.45) is 5.92 Å². The molecule has 1 aromatic rings. The van der Waals surface area contributed by atoms with Crippen LogP contribution in [0.3, 0.4) is 0 Å². The van der Waals surface area contributed by atoms with Gasteiger partial charge in [0.25, 0.3) is 5.91 Å². The molecule has 0 unspecified atom stereocenters. The summed E-state index contributed by atoms with van der Waals surface area (Å²) in [5.74, 6) is 0.502. The molecule has 1 rings (SSSR count). The molecule has 2 heteroatoms. The van der Waals surface area contributed by atoms with E-state index < -0.39 is 0 Å². The standard InChI is InChI=1S/C11H15NO.H2/c1-9(2)8-12-11(13)10-6-4-3-5-7-10;/h3-7,9H,8H2,1-2H3,(H,12,13);1H. The van der Waals surface area contributed by atoms with Crippen LogP contribution in [-0.2, 0) is 0 Å². The topological polar surface area (TPSA) is 29.1 Å². The Morgan fingerprint density at radius 3 is 2.54 bits per heavy atom. The summed E-state index contributed by atoms with van der Waals surface area (Å²) in [6.45, 7) is 4.88. The van der Waals surface area contributed by atoms with Crippen LogP contribution in [0.2, 0.25) is 0 Å². The number of carbonyl (C=O) groups is 1. The van der Waals surface area contributed by atoms with Gasteiger partial charge in [-0.05, 0) is 18.1 Å². The van der Waals surface area contributed by atoms with Crippen LogP contribution in [-0.4, -0.2) is 12.5 Å². The van der Waals surface area contributed by atoms with Gasteiger partial charge in [-0.2, -0.15) is 0 Å². The molecule has 0 saturated heterocycles. The highest BCUT2D eigenvalue weighted by atomic mass is 16.1. The lowest BCUT2D eigenvalue weighted by atomic mass is 10.2. The molecule has 1 aromatic carbocycles. The molecule has 0 fully saturated rings. The van der Waals surface area contributed by atoms with E-state index in [9.17, 15) is 4.79 Å². The second kappa shape index (κ2) is 4.65. The molecule has 0 heterocycles. The monoisotopic (exact) mass is 179 g/mol. The zero-order valence-electron chi connectivity index (χ0n) is 8.08. The third kappa shape index (κ3) is 3.28. The summed E-state index contributed by atoms with van der Waals surface area (Å²) < 4.78 is 0. The summed E-state index contributed by atoms with van der Waals surface area (Å²) in [5.41, 5.74) is 0.725. The van der Waals surface area contributed by atoms with Crippen LogP contribution in [0.15, 0.2) is 30.3 Å². The van der Waals surface area contributed by atoms with Gasteiger partial charge in [-0.3, -0.25) is 4.79 Å². The zero-order valence-corrected chi connectivity index (χ0v) is 8.08. The molecule has 0 bridgehead atoms.